The van der Waals surface area contributed by atoms with Crippen molar-refractivity contribution in [1.29, 1.82) is 0 Å². The van der Waals surface area contributed by atoms with Crippen LogP contribution in [0.4, 0.5) is 5.69 Å². The van der Waals surface area contributed by atoms with Crippen molar-refractivity contribution in [1.82, 2.24) is 10.1 Å². The van der Waals surface area contributed by atoms with E-state index in [0.29, 0.717) is 45.8 Å². The van der Waals surface area contributed by atoms with Crippen molar-refractivity contribution in [3.63, 3.8) is 0 Å². The molecule has 0 amide bonds. The van der Waals surface area contributed by atoms with Crippen molar-refractivity contribution in [2.45, 2.75) is 50.4 Å². The molecule has 2 aliphatic carbocycles. The summed E-state index contributed by atoms with van der Waals surface area (Å²) in [6.07, 6.45) is 5.94. The van der Waals surface area contributed by atoms with Gasteiger partial charge in [0.2, 0.25) is 0 Å². The molecule has 1 aliphatic heterocycles. The van der Waals surface area contributed by atoms with Gasteiger partial charge in [0.25, 0.3) is 0 Å². The van der Waals surface area contributed by atoms with E-state index in [-0.39, 0.29) is 11.8 Å². The number of carboxylic acids is 1. The SMILES string of the molecule is O=C(O)c1ccc(N2C[C@@H]3C[C@H]2CC3OCc2c(-c3c(Cl)cccc3Cl)noc2C2CC2)cn1. The first-order chi connectivity index (χ1) is 16.5. The summed E-state index contributed by atoms with van der Waals surface area (Å²) in [7, 11) is 0. The van der Waals surface area contributed by atoms with Gasteiger partial charge in [-0.25, -0.2) is 9.78 Å². The number of nitrogens with zero attached hydrogens (tertiary/aromatic N) is 3. The van der Waals surface area contributed by atoms with E-state index in [4.69, 9.17) is 37.6 Å². The normalized spacial score (nSPS) is 23.6. The van der Waals surface area contributed by atoms with Crippen molar-refractivity contribution >= 4 is 34.9 Å². The van der Waals surface area contributed by atoms with Gasteiger partial charge in [0.15, 0.2) is 0 Å². The largest absolute Gasteiger partial charge is 0.477 e. The number of ether oxygens (including phenoxy) is 1. The van der Waals surface area contributed by atoms with Crippen molar-refractivity contribution < 1.29 is 19.2 Å². The number of carbonyl (C=O) groups is 1. The Morgan fingerprint density at radius 3 is 2.59 bits per heavy atom. The van der Waals surface area contributed by atoms with E-state index < -0.39 is 5.97 Å². The number of aromatic carboxylic acids is 1. The highest BCUT2D eigenvalue weighted by atomic mass is 35.5. The standard InChI is InChI=1S/C25H23Cl2N3O4/c26-18-2-1-3-19(27)22(18)23-17(24(34-29-23)13-4-5-13)12-33-21-9-16-8-14(21)11-30(16)15-6-7-20(25(31)32)28-10-15/h1-3,6-7,10,13-14,16,21H,4-5,8-9,11-12H2,(H,31,32)/t14-,16-,21?/m0/s1. The monoisotopic (exact) mass is 499 g/mol. The lowest BCUT2D eigenvalue weighted by atomic mass is 10.0. The number of halogens is 2. The Bertz CT molecular complexity index is 1220. The van der Waals surface area contributed by atoms with Gasteiger partial charge >= 0.3 is 5.97 Å². The van der Waals surface area contributed by atoms with Gasteiger partial charge in [0, 0.05) is 35.5 Å². The average molecular weight is 500 g/mol. The van der Waals surface area contributed by atoms with E-state index in [1.807, 2.05) is 12.1 Å². The van der Waals surface area contributed by atoms with Crippen molar-refractivity contribution in [3.05, 3.63) is 63.6 Å². The van der Waals surface area contributed by atoms with E-state index in [1.54, 1.807) is 24.4 Å². The summed E-state index contributed by atoms with van der Waals surface area (Å²) in [5.74, 6) is 0.665. The third-order valence-electron chi connectivity index (χ3n) is 7.18. The number of fused-ring (bicyclic) bond motifs is 2. The number of carboxylic acid groups (broad SMARTS) is 1. The number of pyridine rings is 1. The molecule has 1 saturated heterocycles. The summed E-state index contributed by atoms with van der Waals surface area (Å²) >= 11 is 12.9. The molecule has 176 valence electrons. The van der Waals surface area contributed by atoms with Crippen LogP contribution < -0.4 is 4.90 Å². The lowest BCUT2D eigenvalue weighted by Crippen LogP contribution is -2.38. The zero-order valence-corrected chi connectivity index (χ0v) is 19.8. The van der Waals surface area contributed by atoms with Crippen LogP contribution in [-0.2, 0) is 11.3 Å². The van der Waals surface area contributed by atoms with Crippen LogP contribution in [0.15, 0.2) is 41.1 Å². The molecule has 3 atom stereocenters. The molecule has 2 bridgehead atoms. The molecule has 2 saturated carbocycles. The van der Waals surface area contributed by atoms with Crippen LogP contribution in [-0.4, -0.2) is 39.9 Å². The second-order valence-corrected chi connectivity index (χ2v) is 10.2. The van der Waals surface area contributed by atoms with Crippen LogP contribution in [0.2, 0.25) is 10.0 Å². The predicted octanol–water partition coefficient (Wildman–Crippen LogP) is 5.80. The summed E-state index contributed by atoms with van der Waals surface area (Å²) in [6.45, 7) is 1.28. The number of piperidine rings is 1. The quantitative estimate of drug-likeness (QED) is 0.439. The van der Waals surface area contributed by atoms with Gasteiger partial charge in [-0.1, -0.05) is 34.4 Å². The molecule has 3 heterocycles. The zero-order valence-electron chi connectivity index (χ0n) is 18.3. The van der Waals surface area contributed by atoms with E-state index in [0.717, 1.165) is 49.2 Å². The summed E-state index contributed by atoms with van der Waals surface area (Å²) in [4.78, 5) is 17.5. The van der Waals surface area contributed by atoms with Crippen molar-refractivity contribution in [2.24, 2.45) is 5.92 Å². The Kier molecular flexibility index (Phi) is 5.51. The van der Waals surface area contributed by atoms with E-state index in [1.165, 1.54) is 0 Å². The van der Waals surface area contributed by atoms with Crippen LogP contribution in [0.5, 0.6) is 0 Å². The molecule has 0 spiro atoms. The first-order valence-electron chi connectivity index (χ1n) is 11.5. The minimum absolute atomic E-state index is 0.0592. The molecule has 9 heteroatoms. The molecule has 3 aromatic rings. The maximum Gasteiger partial charge on any atom is 0.354 e. The lowest BCUT2D eigenvalue weighted by molar-refractivity contribution is 0.0122. The number of aromatic nitrogens is 2. The second-order valence-electron chi connectivity index (χ2n) is 9.34. The fraction of sp³-hybridized carbons (Fsp3) is 0.400. The highest BCUT2D eigenvalue weighted by Crippen LogP contribution is 2.47. The van der Waals surface area contributed by atoms with Crippen LogP contribution in [0.25, 0.3) is 11.3 Å². The Balaban J connectivity index is 1.17. The topological polar surface area (TPSA) is 88.7 Å². The minimum atomic E-state index is -1.01. The molecule has 3 aliphatic rings. The molecule has 0 radical (unpaired) electrons. The van der Waals surface area contributed by atoms with Crippen molar-refractivity contribution in [2.75, 3.05) is 11.4 Å². The molecule has 1 aromatic carbocycles. The number of benzene rings is 1. The smallest absolute Gasteiger partial charge is 0.354 e. The summed E-state index contributed by atoms with van der Waals surface area (Å²) < 4.78 is 12.2. The van der Waals surface area contributed by atoms with Crippen LogP contribution in [0, 0.1) is 5.92 Å². The predicted molar refractivity (Wildman–Crippen MR) is 128 cm³/mol. The summed E-state index contributed by atoms with van der Waals surface area (Å²) in [5.41, 5.74) is 3.33. The van der Waals surface area contributed by atoms with Gasteiger partial charge in [-0.2, -0.15) is 0 Å². The fourth-order valence-corrected chi connectivity index (χ4v) is 5.92. The molecule has 7 nitrogen and oxygen atoms in total. The maximum atomic E-state index is 11.1. The maximum absolute atomic E-state index is 11.1. The molecular weight excluding hydrogens is 477 g/mol. The molecular formula is C25H23Cl2N3O4. The molecule has 34 heavy (non-hydrogen) atoms. The number of hydrogen-bond donors (Lipinski definition) is 1. The third-order valence-corrected chi connectivity index (χ3v) is 7.81. The van der Waals surface area contributed by atoms with E-state index >= 15 is 0 Å². The molecule has 6 rings (SSSR count). The first kappa shape index (κ1) is 21.9. The minimum Gasteiger partial charge on any atom is -0.477 e. The fourth-order valence-electron chi connectivity index (χ4n) is 5.35. The number of rotatable bonds is 7. The average Bonchev–Trinajstić information content (AvgIpc) is 3.28. The van der Waals surface area contributed by atoms with Gasteiger partial charge in [-0.3, -0.25) is 0 Å². The zero-order chi connectivity index (χ0) is 23.4. The van der Waals surface area contributed by atoms with Crippen LogP contribution in [0.3, 0.4) is 0 Å². The van der Waals surface area contributed by atoms with Gasteiger partial charge in [0.1, 0.15) is 17.1 Å². The third kappa shape index (κ3) is 3.85. The molecule has 1 N–H and O–H groups in total. The van der Waals surface area contributed by atoms with Gasteiger partial charge in [0.05, 0.1) is 34.6 Å². The van der Waals surface area contributed by atoms with E-state index in [2.05, 4.69) is 15.0 Å². The molecule has 3 fully saturated rings. The summed E-state index contributed by atoms with van der Waals surface area (Å²) in [5, 5.41) is 14.5. The van der Waals surface area contributed by atoms with Gasteiger partial charge in [-0.15, -0.1) is 0 Å². The summed E-state index contributed by atoms with van der Waals surface area (Å²) in [6, 6.07) is 9.19. The highest BCUT2D eigenvalue weighted by Gasteiger charge is 2.46. The van der Waals surface area contributed by atoms with Gasteiger partial charge < -0.3 is 19.3 Å². The Morgan fingerprint density at radius 2 is 1.97 bits per heavy atom. The second kappa shape index (κ2) is 8.56. The van der Waals surface area contributed by atoms with Crippen LogP contribution >= 0.6 is 23.2 Å². The number of anilines is 1. The Labute approximate surface area is 206 Å². The van der Waals surface area contributed by atoms with Crippen molar-refractivity contribution in [3.8, 4) is 11.3 Å². The highest BCUT2D eigenvalue weighted by molar-refractivity contribution is 6.39. The lowest BCUT2D eigenvalue weighted by Gasteiger charge is -2.33. The van der Waals surface area contributed by atoms with E-state index in [9.17, 15) is 4.79 Å². The van der Waals surface area contributed by atoms with Crippen LogP contribution in [0.1, 0.15) is 53.4 Å². The van der Waals surface area contributed by atoms with Gasteiger partial charge in [-0.05, 0) is 49.9 Å². The molecule has 2 aromatic heterocycles. The Morgan fingerprint density at radius 1 is 1.18 bits per heavy atom. The first-order valence-corrected chi connectivity index (χ1v) is 12.3. The Hall–Kier alpha value is -2.61. The number of hydrogen-bond acceptors (Lipinski definition) is 6. The molecule has 1 unspecified atom stereocenters.